The molecule has 1 aromatic carbocycles. The van der Waals surface area contributed by atoms with Gasteiger partial charge in [-0.25, -0.2) is 4.98 Å². The highest BCUT2D eigenvalue weighted by atomic mass is 16.5. The van der Waals surface area contributed by atoms with Gasteiger partial charge >= 0.3 is 0 Å². The Morgan fingerprint density at radius 3 is 2.75 bits per heavy atom. The quantitative estimate of drug-likeness (QED) is 0.856. The van der Waals surface area contributed by atoms with Crippen LogP contribution in [0.15, 0.2) is 36.5 Å². The number of benzene rings is 1. The first-order valence-electron chi connectivity index (χ1n) is 5.32. The van der Waals surface area contributed by atoms with E-state index in [1.165, 1.54) is 0 Å². The summed E-state index contributed by atoms with van der Waals surface area (Å²) in [4.78, 5) is 4.23. The molecule has 0 radical (unpaired) electrons. The van der Waals surface area contributed by atoms with Crippen molar-refractivity contribution in [3.63, 3.8) is 0 Å². The zero-order chi connectivity index (χ0) is 11.6. The summed E-state index contributed by atoms with van der Waals surface area (Å²) in [7, 11) is 0. The van der Waals surface area contributed by atoms with Crippen molar-refractivity contribution >= 4 is 10.8 Å². The molecule has 84 valence electrons. The van der Waals surface area contributed by atoms with Gasteiger partial charge in [0.25, 0.3) is 0 Å². The van der Waals surface area contributed by atoms with Crippen LogP contribution in [-0.2, 0) is 0 Å². The number of hydrogen-bond acceptors (Lipinski definition) is 3. The van der Waals surface area contributed by atoms with Crippen LogP contribution in [0, 0.1) is 0 Å². The molecule has 0 saturated heterocycles. The molecule has 0 aliphatic carbocycles. The minimum Gasteiger partial charge on any atom is -0.475 e. The third-order valence-electron chi connectivity index (χ3n) is 2.22. The van der Waals surface area contributed by atoms with Crippen LogP contribution in [-0.4, -0.2) is 17.1 Å². The van der Waals surface area contributed by atoms with Crippen molar-refractivity contribution in [3.05, 3.63) is 36.5 Å². The second kappa shape index (κ2) is 4.10. The molecule has 3 nitrogen and oxygen atoms in total. The van der Waals surface area contributed by atoms with E-state index in [-0.39, 0.29) is 5.54 Å². The Labute approximate surface area is 95.2 Å². The molecule has 2 rings (SSSR count). The molecule has 0 amide bonds. The van der Waals surface area contributed by atoms with E-state index >= 15 is 0 Å². The molecule has 1 heterocycles. The van der Waals surface area contributed by atoms with Crippen molar-refractivity contribution < 1.29 is 4.74 Å². The molecule has 0 saturated carbocycles. The van der Waals surface area contributed by atoms with E-state index in [0.29, 0.717) is 12.5 Å². The van der Waals surface area contributed by atoms with E-state index in [2.05, 4.69) is 4.98 Å². The molecule has 0 spiro atoms. The van der Waals surface area contributed by atoms with E-state index in [9.17, 15) is 0 Å². The van der Waals surface area contributed by atoms with Crippen LogP contribution in [0.3, 0.4) is 0 Å². The molecular weight excluding hydrogens is 200 g/mol. The largest absolute Gasteiger partial charge is 0.475 e. The molecule has 16 heavy (non-hydrogen) atoms. The van der Waals surface area contributed by atoms with Crippen LogP contribution in [0.1, 0.15) is 13.8 Å². The fraction of sp³-hybridized carbons (Fsp3) is 0.308. The van der Waals surface area contributed by atoms with Crippen molar-refractivity contribution in [2.45, 2.75) is 19.4 Å². The van der Waals surface area contributed by atoms with Gasteiger partial charge in [0.2, 0.25) is 5.88 Å². The zero-order valence-electron chi connectivity index (χ0n) is 9.60. The Hall–Kier alpha value is -1.61. The number of aromatic nitrogens is 1. The predicted octanol–water partition coefficient (Wildman–Crippen LogP) is 2.35. The average Bonchev–Trinajstić information content (AvgIpc) is 2.25. The summed E-state index contributed by atoms with van der Waals surface area (Å²) in [5.74, 6) is 0.650. The van der Waals surface area contributed by atoms with Gasteiger partial charge in [-0.15, -0.1) is 0 Å². The van der Waals surface area contributed by atoms with Gasteiger partial charge in [-0.3, -0.25) is 0 Å². The SMILES string of the molecule is CC(C)(N)COc1nccc2ccccc12. The maximum atomic E-state index is 5.87. The molecule has 0 unspecified atom stereocenters. The van der Waals surface area contributed by atoms with Gasteiger partial charge in [-0.05, 0) is 31.4 Å². The number of fused-ring (bicyclic) bond motifs is 1. The topological polar surface area (TPSA) is 48.1 Å². The van der Waals surface area contributed by atoms with E-state index in [0.717, 1.165) is 10.8 Å². The lowest BCUT2D eigenvalue weighted by Gasteiger charge is -2.19. The van der Waals surface area contributed by atoms with Gasteiger partial charge in [0.1, 0.15) is 6.61 Å². The van der Waals surface area contributed by atoms with Crippen LogP contribution in [0.2, 0.25) is 0 Å². The molecule has 2 aromatic rings. The van der Waals surface area contributed by atoms with Gasteiger partial charge in [-0.2, -0.15) is 0 Å². The third kappa shape index (κ3) is 2.49. The Morgan fingerprint density at radius 2 is 2.00 bits per heavy atom. The molecular formula is C13H16N2O. The van der Waals surface area contributed by atoms with Crippen LogP contribution in [0.4, 0.5) is 0 Å². The van der Waals surface area contributed by atoms with Crippen molar-refractivity contribution in [1.82, 2.24) is 4.98 Å². The molecule has 0 fully saturated rings. The fourth-order valence-electron chi connectivity index (χ4n) is 1.46. The number of nitrogens with zero attached hydrogens (tertiary/aromatic N) is 1. The van der Waals surface area contributed by atoms with Crippen molar-refractivity contribution in [1.29, 1.82) is 0 Å². The first-order chi connectivity index (χ1) is 7.56. The Balaban J connectivity index is 2.30. The highest BCUT2D eigenvalue weighted by Crippen LogP contribution is 2.22. The molecule has 0 aliphatic rings. The van der Waals surface area contributed by atoms with Crippen molar-refractivity contribution in [2.24, 2.45) is 5.73 Å². The van der Waals surface area contributed by atoms with Gasteiger partial charge in [0, 0.05) is 17.1 Å². The molecule has 0 atom stereocenters. The van der Waals surface area contributed by atoms with Crippen molar-refractivity contribution in [3.8, 4) is 5.88 Å². The third-order valence-corrected chi connectivity index (χ3v) is 2.22. The monoisotopic (exact) mass is 216 g/mol. The number of pyridine rings is 1. The minimum absolute atomic E-state index is 0.349. The smallest absolute Gasteiger partial charge is 0.221 e. The fourth-order valence-corrected chi connectivity index (χ4v) is 1.46. The van der Waals surface area contributed by atoms with Gasteiger partial charge < -0.3 is 10.5 Å². The number of nitrogens with two attached hydrogens (primary N) is 1. The van der Waals surface area contributed by atoms with Crippen LogP contribution < -0.4 is 10.5 Å². The molecule has 0 aliphatic heterocycles. The standard InChI is InChI=1S/C13H16N2O/c1-13(2,14)9-16-12-11-6-4-3-5-10(11)7-8-15-12/h3-8H,9,14H2,1-2H3. The summed E-state index contributed by atoms with van der Waals surface area (Å²) in [6.45, 7) is 4.31. The average molecular weight is 216 g/mol. The molecule has 3 heteroatoms. The summed E-state index contributed by atoms with van der Waals surface area (Å²) < 4.78 is 5.65. The van der Waals surface area contributed by atoms with Gasteiger partial charge in [0.15, 0.2) is 0 Å². The number of rotatable bonds is 3. The lowest BCUT2D eigenvalue weighted by Crippen LogP contribution is -2.38. The maximum absolute atomic E-state index is 5.87. The number of hydrogen-bond donors (Lipinski definition) is 1. The number of ether oxygens (including phenoxy) is 1. The normalized spacial score (nSPS) is 11.7. The zero-order valence-corrected chi connectivity index (χ0v) is 9.60. The van der Waals surface area contributed by atoms with Crippen LogP contribution in [0.25, 0.3) is 10.8 Å². The summed E-state index contributed by atoms with van der Waals surface area (Å²) in [5.41, 5.74) is 5.53. The van der Waals surface area contributed by atoms with E-state index < -0.39 is 0 Å². The molecule has 2 N–H and O–H groups in total. The second-order valence-electron chi connectivity index (χ2n) is 4.61. The van der Waals surface area contributed by atoms with Crippen LogP contribution in [0.5, 0.6) is 5.88 Å². The van der Waals surface area contributed by atoms with Crippen molar-refractivity contribution in [2.75, 3.05) is 6.61 Å². The van der Waals surface area contributed by atoms with Gasteiger partial charge in [-0.1, -0.05) is 18.2 Å². The Bertz CT molecular complexity index is 483. The minimum atomic E-state index is -0.349. The molecule has 1 aromatic heterocycles. The summed E-state index contributed by atoms with van der Waals surface area (Å²) in [6, 6.07) is 9.98. The highest BCUT2D eigenvalue weighted by molar-refractivity contribution is 5.86. The lowest BCUT2D eigenvalue weighted by molar-refractivity contribution is 0.238. The second-order valence-corrected chi connectivity index (χ2v) is 4.61. The summed E-state index contributed by atoms with van der Waals surface area (Å²) in [6.07, 6.45) is 1.75. The highest BCUT2D eigenvalue weighted by Gasteiger charge is 2.12. The summed E-state index contributed by atoms with van der Waals surface area (Å²) in [5, 5.41) is 2.15. The first-order valence-corrected chi connectivity index (χ1v) is 5.32. The Kier molecular flexibility index (Phi) is 2.79. The van der Waals surface area contributed by atoms with Gasteiger partial charge in [0.05, 0.1) is 0 Å². The lowest BCUT2D eigenvalue weighted by atomic mass is 10.1. The Morgan fingerprint density at radius 1 is 1.25 bits per heavy atom. The predicted molar refractivity (Wildman–Crippen MR) is 65.5 cm³/mol. The van der Waals surface area contributed by atoms with E-state index in [1.807, 2.05) is 44.2 Å². The maximum Gasteiger partial charge on any atom is 0.221 e. The first kappa shape index (κ1) is 10.9. The van der Waals surface area contributed by atoms with Crippen LogP contribution >= 0.6 is 0 Å². The summed E-state index contributed by atoms with van der Waals surface area (Å²) >= 11 is 0. The van der Waals surface area contributed by atoms with E-state index in [4.69, 9.17) is 10.5 Å². The van der Waals surface area contributed by atoms with E-state index in [1.54, 1.807) is 6.20 Å². The molecule has 0 bridgehead atoms.